The van der Waals surface area contributed by atoms with Gasteiger partial charge in [0.15, 0.2) is 6.61 Å². The van der Waals surface area contributed by atoms with Crippen molar-refractivity contribution in [2.45, 2.75) is 44.4 Å². The van der Waals surface area contributed by atoms with Gasteiger partial charge in [-0.1, -0.05) is 67.1 Å². The van der Waals surface area contributed by atoms with Gasteiger partial charge in [0.1, 0.15) is 5.75 Å². The van der Waals surface area contributed by atoms with Crippen molar-refractivity contribution in [3.63, 3.8) is 0 Å². The predicted molar refractivity (Wildman–Crippen MR) is 156 cm³/mol. The van der Waals surface area contributed by atoms with Crippen LogP contribution in [0.25, 0.3) is 0 Å². The maximum Gasteiger partial charge on any atom is 0.306 e. The summed E-state index contributed by atoms with van der Waals surface area (Å²) in [6.45, 7) is 2.28. The highest BCUT2D eigenvalue weighted by Gasteiger charge is 2.61. The Kier molecular flexibility index (Phi) is 7.78. The van der Waals surface area contributed by atoms with Crippen LogP contribution in [0.5, 0.6) is 5.75 Å². The molecule has 42 heavy (non-hydrogen) atoms. The average molecular weight is 567 g/mol. The van der Waals surface area contributed by atoms with Crippen molar-refractivity contribution >= 4 is 29.4 Å². The molecule has 0 saturated carbocycles. The minimum atomic E-state index is -0.463. The number of ether oxygens (including phenoxy) is 2. The van der Waals surface area contributed by atoms with E-state index in [0.717, 1.165) is 22.3 Å². The molecule has 7 rings (SSSR count). The summed E-state index contributed by atoms with van der Waals surface area (Å²) in [6.07, 6.45) is 1.96. The Bertz CT molecular complexity index is 1420. The minimum Gasteiger partial charge on any atom is -0.492 e. The minimum absolute atomic E-state index is 0.0830. The van der Waals surface area contributed by atoms with Gasteiger partial charge in [0, 0.05) is 24.8 Å². The number of hydrogen-bond donors (Lipinski definition) is 1. The van der Waals surface area contributed by atoms with E-state index in [1.54, 1.807) is 18.2 Å². The normalized spacial score (nSPS) is 21.4. The topological polar surface area (TPSA) is 102 Å². The van der Waals surface area contributed by atoms with E-state index in [2.05, 4.69) is 29.6 Å². The van der Waals surface area contributed by atoms with E-state index in [1.165, 1.54) is 4.90 Å². The molecule has 3 aliphatic carbocycles. The molecule has 1 saturated heterocycles. The lowest BCUT2D eigenvalue weighted by molar-refractivity contribution is -0.147. The van der Waals surface area contributed by atoms with Gasteiger partial charge in [-0.15, -0.1) is 0 Å². The standard InChI is InChI=1S/C34H34N2O6/c1-2-41-26-17-10-9-16-25(26)35-27(37)20-42-28(38)18-4-3-11-19-36-33(39)31-29-21-12-5-6-13-22(21)30(32(31)34(36)40)24-15-8-7-14-23(24)29/h5-10,12-17,29-32H,2-4,11,18-20H2,1H3,(H,35,37)/t29?,30?,31-,32-/m1/s1. The number of carbonyl (C=O) groups excluding carboxylic acids is 4. The monoisotopic (exact) mass is 566 g/mol. The smallest absolute Gasteiger partial charge is 0.306 e. The van der Waals surface area contributed by atoms with Crippen molar-refractivity contribution in [2.75, 3.05) is 25.1 Å². The van der Waals surface area contributed by atoms with Crippen LogP contribution in [0.4, 0.5) is 5.69 Å². The number of carbonyl (C=O) groups is 4. The van der Waals surface area contributed by atoms with Gasteiger partial charge in [0.05, 0.1) is 24.1 Å². The lowest BCUT2D eigenvalue weighted by atomic mass is 9.55. The summed E-state index contributed by atoms with van der Waals surface area (Å²) in [4.78, 5) is 53.2. The summed E-state index contributed by atoms with van der Waals surface area (Å²) in [5.74, 6) is -1.46. The number of unbranched alkanes of at least 4 members (excludes halogenated alkanes) is 2. The third-order valence-electron chi connectivity index (χ3n) is 8.63. The SMILES string of the molecule is CCOc1ccccc1NC(=O)COC(=O)CCCCCN1C(=O)[C@@H]2C3c4ccccc4C(c4ccccc43)[C@H]2C1=O. The highest BCUT2D eigenvalue weighted by molar-refractivity contribution is 6.07. The molecule has 1 N–H and O–H groups in total. The lowest BCUT2D eigenvalue weighted by Gasteiger charge is -2.45. The second-order valence-corrected chi connectivity index (χ2v) is 11.0. The molecule has 8 heteroatoms. The van der Waals surface area contributed by atoms with Gasteiger partial charge in [-0.2, -0.15) is 0 Å². The number of benzene rings is 3. The van der Waals surface area contributed by atoms with Crippen molar-refractivity contribution in [2.24, 2.45) is 11.8 Å². The van der Waals surface area contributed by atoms with Gasteiger partial charge in [-0.25, -0.2) is 0 Å². The molecule has 8 nitrogen and oxygen atoms in total. The fraction of sp³-hybridized carbons (Fsp3) is 0.353. The summed E-state index contributed by atoms with van der Waals surface area (Å²) in [5.41, 5.74) is 5.17. The van der Waals surface area contributed by atoms with Gasteiger partial charge in [0.2, 0.25) is 11.8 Å². The van der Waals surface area contributed by atoms with E-state index in [-0.39, 0.29) is 48.5 Å². The molecule has 4 aliphatic rings. The van der Waals surface area contributed by atoms with Crippen LogP contribution in [0.3, 0.4) is 0 Å². The van der Waals surface area contributed by atoms with E-state index >= 15 is 0 Å². The maximum atomic E-state index is 13.7. The number of imide groups is 1. The highest BCUT2D eigenvalue weighted by Crippen LogP contribution is 2.60. The summed E-state index contributed by atoms with van der Waals surface area (Å²) < 4.78 is 10.6. The van der Waals surface area contributed by atoms with Crippen LogP contribution in [0.1, 0.15) is 66.7 Å². The number of anilines is 1. The van der Waals surface area contributed by atoms with Crippen molar-refractivity contribution in [1.29, 1.82) is 0 Å². The molecular formula is C34H34N2O6. The molecule has 2 bridgehead atoms. The molecule has 216 valence electrons. The van der Waals surface area contributed by atoms with Crippen LogP contribution in [0.15, 0.2) is 72.8 Å². The van der Waals surface area contributed by atoms with Crippen LogP contribution in [-0.4, -0.2) is 48.3 Å². The quantitative estimate of drug-likeness (QED) is 0.199. The molecule has 1 fully saturated rings. The summed E-state index contributed by atoms with van der Waals surface area (Å²) in [5, 5.41) is 2.70. The number of para-hydroxylation sites is 2. The maximum absolute atomic E-state index is 13.7. The lowest BCUT2D eigenvalue weighted by Crippen LogP contribution is -2.41. The van der Waals surface area contributed by atoms with Crippen LogP contribution >= 0.6 is 0 Å². The first-order valence-corrected chi connectivity index (χ1v) is 14.7. The van der Waals surface area contributed by atoms with Crippen molar-refractivity contribution in [3.8, 4) is 5.75 Å². The number of hydrogen-bond acceptors (Lipinski definition) is 6. The Balaban J connectivity index is 0.987. The van der Waals surface area contributed by atoms with Crippen molar-refractivity contribution in [3.05, 3.63) is 95.1 Å². The Labute approximate surface area is 245 Å². The molecule has 1 aliphatic heterocycles. The molecule has 3 aromatic rings. The number of esters is 1. The molecule has 1 heterocycles. The molecule has 0 unspecified atom stereocenters. The first-order valence-electron chi connectivity index (χ1n) is 14.7. The Morgan fingerprint density at radius 3 is 1.88 bits per heavy atom. The van der Waals surface area contributed by atoms with Crippen LogP contribution < -0.4 is 10.1 Å². The van der Waals surface area contributed by atoms with Crippen LogP contribution in [0, 0.1) is 11.8 Å². The molecule has 2 atom stereocenters. The second-order valence-electron chi connectivity index (χ2n) is 11.0. The number of nitrogens with one attached hydrogen (secondary N) is 1. The second kappa shape index (κ2) is 11.8. The molecule has 3 amide bonds. The summed E-state index contributed by atoms with van der Waals surface area (Å²) in [6, 6.07) is 23.5. The van der Waals surface area contributed by atoms with E-state index in [4.69, 9.17) is 9.47 Å². The molecule has 0 spiro atoms. The Morgan fingerprint density at radius 2 is 1.31 bits per heavy atom. The third kappa shape index (κ3) is 4.95. The third-order valence-corrected chi connectivity index (χ3v) is 8.63. The summed E-state index contributed by atoms with van der Waals surface area (Å²) in [7, 11) is 0. The van der Waals surface area contributed by atoms with E-state index in [0.29, 0.717) is 43.9 Å². The first-order chi connectivity index (χ1) is 20.5. The van der Waals surface area contributed by atoms with E-state index < -0.39 is 11.9 Å². The van der Waals surface area contributed by atoms with Crippen molar-refractivity contribution < 1.29 is 28.7 Å². The zero-order valence-electron chi connectivity index (χ0n) is 23.6. The number of nitrogens with zero attached hydrogens (tertiary/aromatic N) is 1. The molecule has 0 radical (unpaired) electrons. The zero-order chi connectivity index (χ0) is 29.2. The molecule has 3 aromatic carbocycles. The molecular weight excluding hydrogens is 532 g/mol. The van der Waals surface area contributed by atoms with E-state index in [1.807, 2.05) is 37.3 Å². The average Bonchev–Trinajstić information content (AvgIpc) is 3.26. The first kappa shape index (κ1) is 27.7. The summed E-state index contributed by atoms with van der Waals surface area (Å²) >= 11 is 0. The van der Waals surface area contributed by atoms with Crippen LogP contribution in [-0.2, 0) is 23.9 Å². The fourth-order valence-corrected chi connectivity index (χ4v) is 6.93. The Hall–Kier alpha value is -4.46. The van der Waals surface area contributed by atoms with Crippen molar-refractivity contribution in [1.82, 2.24) is 4.90 Å². The zero-order valence-corrected chi connectivity index (χ0v) is 23.6. The van der Waals surface area contributed by atoms with E-state index in [9.17, 15) is 19.2 Å². The number of likely N-dealkylation sites (tertiary alicyclic amines) is 1. The predicted octanol–water partition coefficient (Wildman–Crippen LogP) is 5.02. The fourth-order valence-electron chi connectivity index (χ4n) is 6.93. The highest BCUT2D eigenvalue weighted by atomic mass is 16.5. The number of amides is 3. The van der Waals surface area contributed by atoms with Gasteiger partial charge in [-0.05, 0) is 54.2 Å². The number of rotatable bonds is 11. The van der Waals surface area contributed by atoms with Gasteiger partial charge in [0.25, 0.3) is 5.91 Å². The largest absolute Gasteiger partial charge is 0.492 e. The van der Waals surface area contributed by atoms with Crippen LogP contribution in [0.2, 0.25) is 0 Å². The Morgan fingerprint density at radius 1 is 0.762 bits per heavy atom. The van der Waals surface area contributed by atoms with Gasteiger partial charge in [-0.3, -0.25) is 24.1 Å². The van der Waals surface area contributed by atoms with Gasteiger partial charge >= 0.3 is 5.97 Å². The van der Waals surface area contributed by atoms with Gasteiger partial charge < -0.3 is 14.8 Å². The molecule has 0 aromatic heterocycles.